The summed E-state index contributed by atoms with van der Waals surface area (Å²) in [7, 11) is 0. The van der Waals surface area contributed by atoms with Gasteiger partial charge in [-0.25, -0.2) is 4.79 Å². The van der Waals surface area contributed by atoms with Crippen LogP contribution in [0, 0.1) is 0 Å². The van der Waals surface area contributed by atoms with Gasteiger partial charge in [-0.2, -0.15) is 0 Å². The highest BCUT2D eigenvalue weighted by Gasteiger charge is 2.18. The minimum Gasteiger partial charge on any atom is -0.378 e. The normalized spacial score (nSPS) is 22.5. The predicted octanol–water partition coefficient (Wildman–Crippen LogP) is 0.181. The topological polar surface area (TPSA) is 60.0 Å². The first-order chi connectivity index (χ1) is 8.36. The van der Waals surface area contributed by atoms with Crippen molar-refractivity contribution in [3.05, 3.63) is 0 Å². The lowest BCUT2D eigenvalue weighted by Crippen LogP contribution is -2.46. The van der Waals surface area contributed by atoms with Gasteiger partial charge in [-0.05, 0) is 6.42 Å². The zero-order valence-electron chi connectivity index (χ0n) is 10.0. The van der Waals surface area contributed by atoms with E-state index in [-0.39, 0.29) is 12.3 Å². The Morgan fingerprint density at radius 3 is 2.59 bits per heavy atom. The molecule has 0 radical (unpaired) electrons. The number of nitrogens with zero attached hydrogens (tertiary/aromatic N) is 1. The number of urea groups is 1. The van der Waals surface area contributed by atoms with Gasteiger partial charge < -0.3 is 24.4 Å². The van der Waals surface area contributed by atoms with Gasteiger partial charge in [0, 0.05) is 26.1 Å². The van der Waals surface area contributed by atoms with Gasteiger partial charge in [-0.1, -0.05) is 0 Å². The monoisotopic (exact) mass is 244 g/mol. The summed E-state index contributed by atoms with van der Waals surface area (Å²) in [5.41, 5.74) is 0. The molecule has 0 aromatic heterocycles. The molecule has 0 unspecified atom stereocenters. The lowest BCUT2D eigenvalue weighted by Gasteiger charge is -2.27. The third kappa shape index (κ3) is 4.14. The molecule has 6 nitrogen and oxygen atoms in total. The minimum atomic E-state index is -0.159. The molecule has 2 aliphatic rings. The quantitative estimate of drug-likeness (QED) is 0.769. The van der Waals surface area contributed by atoms with E-state index in [0.717, 1.165) is 19.6 Å². The zero-order chi connectivity index (χ0) is 11.9. The van der Waals surface area contributed by atoms with E-state index in [2.05, 4.69) is 5.32 Å². The third-order valence-corrected chi connectivity index (χ3v) is 2.85. The predicted molar refractivity (Wildman–Crippen MR) is 60.7 cm³/mol. The van der Waals surface area contributed by atoms with Crippen molar-refractivity contribution in [3.63, 3.8) is 0 Å². The van der Waals surface area contributed by atoms with Gasteiger partial charge >= 0.3 is 6.03 Å². The Bertz CT molecular complexity index is 238. The molecule has 0 spiro atoms. The second-order valence-electron chi connectivity index (χ2n) is 4.14. The molecule has 0 saturated carbocycles. The summed E-state index contributed by atoms with van der Waals surface area (Å²) >= 11 is 0. The van der Waals surface area contributed by atoms with Crippen molar-refractivity contribution in [2.24, 2.45) is 0 Å². The molecule has 0 bridgehead atoms. The van der Waals surface area contributed by atoms with E-state index in [0.29, 0.717) is 39.3 Å². The molecule has 2 aliphatic heterocycles. The van der Waals surface area contributed by atoms with Gasteiger partial charge in [-0.15, -0.1) is 0 Å². The smallest absolute Gasteiger partial charge is 0.317 e. The number of rotatable bonds is 3. The lowest BCUT2D eigenvalue weighted by atomic mass is 10.3. The summed E-state index contributed by atoms with van der Waals surface area (Å²) in [5.74, 6) is 0. The van der Waals surface area contributed by atoms with Crippen LogP contribution in [0.15, 0.2) is 0 Å². The molecule has 98 valence electrons. The maximum Gasteiger partial charge on any atom is 0.317 e. The molecule has 6 heteroatoms. The van der Waals surface area contributed by atoms with Crippen LogP contribution in [0.1, 0.15) is 12.8 Å². The van der Waals surface area contributed by atoms with Crippen molar-refractivity contribution >= 4 is 6.03 Å². The standard InChI is InChI=1S/C11H20N2O4/c14-11(13-4-8-15-9-5-13)12-3-2-10-16-6-1-7-17-10/h10H,1-9H2,(H,12,14). The summed E-state index contributed by atoms with van der Waals surface area (Å²) in [6, 6.07) is -0.0240. The highest BCUT2D eigenvalue weighted by molar-refractivity contribution is 5.74. The maximum atomic E-state index is 11.7. The van der Waals surface area contributed by atoms with Gasteiger partial charge in [0.05, 0.1) is 26.4 Å². The van der Waals surface area contributed by atoms with Crippen molar-refractivity contribution in [1.82, 2.24) is 10.2 Å². The van der Waals surface area contributed by atoms with Crippen LogP contribution in [0.5, 0.6) is 0 Å². The van der Waals surface area contributed by atoms with E-state index in [4.69, 9.17) is 14.2 Å². The fraction of sp³-hybridized carbons (Fsp3) is 0.909. The number of carbonyl (C=O) groups is 1. The molecule has 0 aromatic carbocycles. The van der Waals surface area contributed by atoms with Crippen LogP contribution in [0.4, 0.5) is 4.79 Å². The van der Waals surface area contributed by atoms with Crippen LogP contribution >= 0.6 is 0 Å². The van der Waals surface area contributed by atoms with Crippen LogP contribution in [0.2, 0.25) is 0 Å². The Labute approximate surface area is 101 Å². The average Bonchev–Trinajstić information content (AvgIpc) is 2.41. The van der Waals surface area contributed by atoms with E-state index < -0.39 is 0 Å². The summed E-state index contributed by atoms with van der Waals surface area (Å²) in [6.45, 7) is 4.68. The molecule has 17 heavy (non-hydrogen) atoms. The SMILES string of the molecule is O=C(NCCC1OCCCO1)N1CCOCC1. The average molecular weight is 244 g/mol. The van der Waals surface area contributed by atoms with Crippen molar-refractivity contribution in [1.29, 1.82) is 0 Å². The second-order valence-corrected chi connectivity index (χ2v) is 4.14. The molecule has 2 heterocycles. The molecular weight excluding hydrogens is 224 g/mol. The summed E-state index contributed by atoms with van der Waals surface area (Å²) in [5, 5.41) is 2.87. The van der Waals surface area contributed by atoms with Crippen molar-refractivity contribution in [3.8, 4) is 0 Å². The Hall–Kier alpha value is -0.850. The van der Waals surface area contributed by atoms with Gasteiger partial charge in [0.1, 0.15) is 0 Å². The number of hydrogen-bond donors (Lipinski definition) is 1. The number of hydrogen-bond acceptors (Lipinski definition) is 4. The Kier molecular flexibility index (Phi) is 5.03. The molecular formula is C11H20N2O4. The minimum absolute atomic E-state index is 0.0240. The highest BCUT2D eigenvalue weighted by Crippen LogP contribution is 2.07. The fourth-order valence-corrected chi connectivity index (χ4v) is 1.88. The largest absolute Gasteiger partial charge is 0.378 e. The number of ether oxygens (including phenoxy) is 3. The molecule has 0 aliphatic carbocycles. The van der Waals surface area contributed by atoms with Gasteiger partial charge in [-0.3, -0.25) is 0 Å². The van der Waals surface area contributed by atoms with Crippen molar-refractivity contribution in [2.45, 2.75) is 19.1 Å². The van der Waals surface area contributed by atoms with Crippen LogP contribution in [0.3, 0.4) is 0 Å². The van der Waals surface area contributed by atoms with Gasteiger partial charge in [0.2, 0.25) is 0 Å². The Morgan fingerprint density at radius 2 is 1.88 bits per heavy atom. The third-order valence-electron chi connectivity index (χ3n) is 2.85. The molecule has 0 atom stereocenters. The van der Waals surface area contributed by atoms with Crippen LogP contribution in [-0.4, -0.2) is 63.3 Å². The highest BCUT2D eigenvalue weighted by atomic mass is 16.7. The van der Waals surface area contributed by atoms with E-state index in [1.807, 2.05) is 0 Å². The zero-order valence-corrected chi connectivity index (χ0v) is 10.0. The van der Waals surface area contributed by atoms with E-state index in [1.165, 1.54) is 0 Å². The second kappa shape index (κ2) is 6.78. The first kappa shape index (κ1) is 12.6. The Balaban J connectivity index is 1.58. The summed E-state index contributed by atoms with van der Waals surface area (Å²) in [6.07, 6.45) is 1.50. The number of nitrogens with one attached hydrogen (secondary N) is 1. The lowest BCUT2D eigenvalue weighted by molar-refractivity contribution is -0.180. The van der Waals surface area contributed by atoms with Crippen LogP contribution in [-0.2, 0) is 14.2 Å². The molecule has 2 saturated heterocycles. The molecule has 1 N–H and O–H groups in total. The van der Waals surface area contributed by atoms with Crippen LogP contribution in [0.25, 0.3) is 0 Å². The maximum absolute atomic E-state index is 11.7. The molecule has 2 fully saturated rings. The van der Waals surface area contributed by atoms with Crippen molar-refractivity contribution in [2.75, 3.05) is 46.1 Å². The summed E-state index contributed by atoms with van der Waals surface area (Å²) < 4.78 is 16.0. The first-order valence-corrected chi connectivity index (χ1v) is 6.20. The van der Waals surface area contributed by atoms with E-state index >= 15 is 0 Å². The number of amides is 2. The van der Waals surface area contributed by atoms with Gasteiger partial charge in [0.15, 0.2) is 6.29 Å². The molecule has 2 amide bonds. The van der Waals surface area contributed by atoms with Crippen LogP contribution < -0.4 is 5.32 Å². The van der Waals surface area contributed by atoms with E-state index in [9.17, 15) is 4.79 Å². The van der Waals surface area contributed by atoms with Gasteiger partial charge in [0.25, 0.3) is 0 Å². The summed E-state index contributed by atoms with van der Waals surface area (Å²) in [4.78, 5) is 13.5. The number of morpholine rings is 1. The Morgan fingerprint density at radius 1 is 1.18 bits per heavy atom. The molecule has 2 rings (SSSR count). The first-order valence-electron chi connectivity index (χ1n) is 6.20. The fourth-order valence-electron chi connectivity index (χ4n) is 1.88. The van der Waals surface area contributed by atoms with E-state index in [1.54, 1.807) is 4.90 Å². The molecule has 0 aromatic rings. The van der Waals surface area contributed by atoms with Crippen molar-refractivity contribution < 1.29 is 19.0 Å². The number of carbonyl (C=O) groups excluding carboxylic acids is 1.